The van der Waals surface area contributed by atoms with E-state index in [4.69, 9.17) is 14.2 Å². The van der Waals surface area contributed by atoms with Gasteiger partial charge in [-0.25, -0.2) is 4.79 Å². The third-order valence-electron chi connectivity index (χ3n) is 4.91. The molecule has 0 fully saturated rings. The highest BCUT2D eigenvalue weighted by Crippen LogP contribution is 2.38. The van der Waals surface area contributed by atoms with Crippen molar-refractivity contribution in [1.29, 1.82) is 0 Å². The molecule has 0 saturated heterocycles. The molecule has 0 bridgehead atoms. The van der Waals surface area contributed by atoms with Crippen molar-refractivity contribution in [3.05, 3.63) is 77.9 Å². The minimum absolute atomic E-state index is 0.202. The molecule has 0 saturated carbocycles. The van der Waals surface area contributed by atoms with Gasteiger partial charge in [-0.3, -0.25) is 0 Å². The van der Waals surface area contributed by atoms with Gasteiger partial charge in [-0.2, -0.15) is 0 Å². The van der Waals surface area contributed by atoms with Gasteiger partial charge in [-0.05, 0) is 52.1 Å². The van der Waals surface area contributed by atoms with Gasteiger partial charge in [0.25, 0.3) is 0 Å². The summed E-state index contributed by atoms with van der Waals surface area (Å²) in [4.78, 5) is 11.9. The van der Waals surface area contributed by atoms with Crippen molar-refractivity contribution in [2.24, 2.45) is 0 Å². The summed E-state index contributed by atoms with van der Waals surface area (Å²) in [6.07, 6.45) is 0. The van der Waals surface area contributed by atoms with Gasteiger partial charge in [0.05, 0.1) is 19.8 Å². The van der Waals surface area contributed by atoms with Gasteiger partial charge in [0.2, 0.25) is 0 Å². The summed E-state index contributed by atoms with van der Waals surface area (Å²) in [6.45, 7) is 0.441. The first-order valence-electron chi connectivity index (χ1n) is 9.13. The summed E-state index contributed by atoms with van der Waals surface area (Å²) in [5.74, 6) is 0.718. The molecule has 29 heavy (non-hydrogen) atoms. The average Bonchev–Trinajstić information content (AvgIpc) is 2.76. The monoisotopic (exact) mass is 388 g/mol. The van der Waals surface area contributed by atoms with E-state index in [1.165, 1.54) is 7.11 Å². The van der Waals surface area contributed by atoms with Crippen LogP contribution in [0.1, 0.15) is 15.9 Å². The Morgan fingerprint density at radius 1 is 0.828 bits per heavy atom. The highest BCUT2D eigenvalue weighted by atomic mass is 16.5. The zero-order chi connectivity index (χ0) is 20.4. The van der Waals surface area contributed by atoms with Crippen LogP contribution in [0.5, 0.6) is 17.2 Å². The molecule has 0 unspecified atom stereocenters. The van der Waals surface area contributed by atoms with Crippen LogP contribution in [0, 0.1) is 0 Å². The number of carboxylic acids is 1. The van der Waals surface area contributed by atoms with E-state index in [-0.39, 0.29) is 5.56 Å². The van der Waals surface area contributed by atoms with Crippen LogP contribution in [0.15, 0.2) is 66.7 Å². The van der Waals surface area contributed by atoms with Crippen LogP contribution in [0.25, 0.3) is 21.5 Å². The van der Waals surface area contributed by atoms with Gasteiger partial charge >= 0.3 is 5.97 Å². The Labute approximate surface area is 168 Å². The van der Waals surface area contributed by atoms with Crippen molar-refractivity contribution in [1.82, 2.24) is 0 Å². The Morgan fingerprint density at radius 3 is 2.17 bits per heavy atom. The molecule has 0 heterocycles. The van der Waals surface area contributed by atoms with E-state index in [2.05, 4.69) is 0 Å². The fourth-order valence-electron chi connectivity index (χ4n) is 3.47. The van der Waals surface area contributed by atoms with Crippen molar-refractivity contribution < 1.29 is 24.1 Å². The summed E-state index contributed by atoms with van der Waals surface area (Å²) in [5.41, 5.74) is 1.27. The first-order valence-corrected chi connectivity index (χ1v) is 9.13. The third-order valence-corrected chi connectivity index (χ3v) is 4.91. The number of methoxy groups -OCH3 is 2. The van der Waals surface area contributed by atoms with Crippen molar-refractivity contribution >= 4 is 27.5 Å². The van der Waals surface area contributed by atoms with Gasteiger partial charge in [0.1, 0.15) is 12.4 Å². The smallest absolute Gasteiger partial charge is 0.336 e. The predicted octanol–water partition coefficient (Wildman–Crippen LogP) is 5.29. The van der Waals surface area contributed by atoms with Crippen LogP contribution in [0.2, 0.25) is 0 Å². The molecule has 4 rings (SSSR count). The molecule has 0 aromatic heterocycles. The van der Waals surface area contributed by atoms with Crippen molar-refractivity contribution in [2.45, 2.75) is 6.61 Å². The van der Waals surface area contributed by atoms with Gasteiger partial charge in [-0.15, -0.1) is 0 Å². The summed E-state index contributed by atoms with van der Waals surface area (Å²) >= 11 is 0. The molecule has 5 heteroatoms. The highest BCUT2D eigenvalue weighted by Gasteiger charge is 2.16. The maximum absolute atomic E-state index is 11.9. The zero-order valence-corrected chi connectivity index (χ0v) is 16.1. The lowest BCUT2D eigenvalue weighted by Crippen LogP contribution is -2.00. The van der Waals surface area contributed by atoms with E-state index in [1.54, 1.807) is 19.2 Å². The molecule has 0 amide bonds. The molecule has 0 aliphatic heterocycles. The Kier molecular flexibility index (Phi) is 4.96. The number of ether oxygens (including phenoxy) is 3. The lowest BCUT2D eigenvalue weighted by molar-refractivity contribution is 0.0699. The molecule has 4 aromatic carbocycles. The quantitative estimate of drug-likeness (QED) is 0.455. The van der Waals surface area contributed by atoms with Gasteiger partial charge in [-0.1, -0.05) is 36.4 Å². The minimum Gasteiger partial charge on any atom is -0.493 e. The largest absolute Gasteiger partial charge is 0.493 e. The van der Waals surface area contributed by atoms with E-state index in [0.717, 1.165) is 21.7 Å². The van der Waals surface area contributed by atoms with Crippen LogP contribution in [-0.2, 0) is 6.61 Å². The number of carboxylic acid groups (broad SMARTS) is 1. The van der Waals surface area contributed by atoms with Crippen molar-refractivity contribution in [2.75, 3.05) is 14.2 Å². The minimum atomic E-state index is -1.00. The summed E-state index contributed by atoms with van der Waals surface area (Å²) in [7, 11) is 3.09. The molecule has 146 valence electrons. The van der Waals surface area contributed by atoms with E-state index < -0.39 is 5.97 Å². The normalized spacial score (nSPS) is 10.8. The summed E-state index contributed by atoms with van der Waals surface area (Å²) in [6, 6.07) is 20.8. The number of benzene rings is 4. The number of carbonyl (C=O) groups is 1. The second-order valence-electron chi connectivity index (χ2n) is 6.64. The van der Waals surface area contributed by atoms with Crippen LogP contribution in [0.3, 0.4) is 0 Å². The summed E-state index contributed by atoms with van der Waals surface area (Å²) in [5, 5.41) is 12.8. The van der Waals surface area contributed by atoms with E-state index in [0.29, 0.717) is 29.2 Å². The molecule has 0 aliphatic carbocycles. The fraction of sp³-hybridized carbons (Fsp3) is 0.125. The Balaban J connectivity index is 1.84. The molecule has 4 aromatic rings. The van der Waals surface area contributed by atoms with E-state index in [1.807, 2.05) is 54.6 Å². The highest BCUT2D eigenvalue weighted by molar-refractivity contribution is 6.16. The van der Waals surface area contributed by atoms with E-state index in [9.17, 15) is 9.90 Å². The molecular weight excluding hydrogens is 368 g/mol. The molecule has 1 N–H and O–H groups in total. The average molecular weight is 388 g/mol. The second-order valence-corrected chi connectivity index (χ2v) is 6.64. The molecule has 0 atom stereocenters. The number of aromatic carboxylic acids is 1. The first kappa shape index (κ1) is 18.6. The SMILES string of the molecule is COc1cc2c(C(=O)O)cc3cc(OCc4ccccc4)ccc3c2cc1OC. The zero-order valence-electron chi connectivity index (χ0n) is 16.1. The third kappa shape index (κ3) is 3.55. The maximum Gasteiger partial charge on any atom is 0.336 e. The number of hydrogen-bond acceptors (Lipinski definition) is 4. The van der Waals surface area contributed by atoms with Crippen LogP contribution >= 0.6 is 0 Å². The van der Waals surface area contributed by atoms with Gasteiger partial charge < -0.3 is 19.3 Å². The van der Waals surface area contributed by atoms with Crippen LogP contribution in [-0.4, -0.2) is 25.3 Å². The predicted molar refractivity (Wildman–Crippen MR) is 112 cm³/mol. The number of fused-ring (bicyclic) bond motifs is 3. The second kappa shape index (κ2) is 7.72. The number of rotatable bonds is 6. The Hall–Kier alpha value is -3.73. The Morgan fingerprint density at radius 2 is 1.52 bits per heavy atom. The van der Waals surface area contributed by atoms with Crippen molar-refractivity contribution in [3.63, 3.8) is 0 Å². The molecule has 0 aliphatic rings. The number of hydrogen-bond donors (Lipinski definition) is 1. The molecule has 5 nitrogen and oxygen atoms in total. The maximum atomic E-state index is 11.9. The molecular formula is C24H20O5. The lowest BCUT2D eigenvalue weighted by Gasteiger charge is -2.14. The molecule has 0 spiro atoms. The van der Waals surface area contributed by atoms with Crippen LogP contribution < -0.4 is 14.2 Å². The summed E-state index contributed by atoms with van der Waals surface area (Å²) < 4.78 is 16.7. The first-order chi connectivity index (χ1) is 14.1. The fourth-order valence-corrected chi connectivity index (χ4v) is 3.47. The Bertz CT molecular complexity index is 1200. The van der Waals surface area contributed by atoms with Crippen LogP contribution in [0.4, 0.5) is 0 Å². The topological polar surface area (TPSA) is 65.0 Å². The lowest BCUT2D eigenvalue weighted by atomic mass is 9.96. The van der Waals surface area contributed by atoms with Crippen molar-refractivity contribution in [3.8, 4) is 17.2 Å². The van der Waals surface area contributed by atoms with Gasteiger partial charge in [0, 0.05) is 5.39 Å². The van der Waals surface area contributed by atoms with Gasteiger partial charge in [0.15, 0.2) is 11.5 Å². The molecule has 0 radical (unpaired) electrons. The van der Waals surface area contributed by atoms with E-state index >= 15 is 0 Å². The standard InChI is InChI=1S/C24H20O5/c1-27-22-12-19-18-9-8-17(29-14-15-6-4-3-5-7-15)10-16(18)11-21(24(25)26)20(19)13-23(22)28-2/h3-13H,14H2,1-2H3,(H,25,26).